The van der Waals surface area contributed by atoms with Gasteiger partial charge in [0.05, 0.1) is 0 Å². The number of halogens is 1. The van der Waals surface area contributed by atoms with E-state index in [1.165, 1.54) is 101 Å². The van der Waals surface area contributed by atoms with Crippen molar-refractivity contribution in [2.24, 2.45) is 11.3 Å². The summed E-state index contributed by atoms with van der Waals surface area (Å²) in [6, 6.07) is 7.89. The molecule has 3 saturated carbocycles. The molecule has 4 fully saturated rings. The third-order valence-electron chi connectivity index (χ3n) is 9.02. The Balaban J connectivity index is 1.22. The van der Waals surface area contributed by atoms with E-state index >= 15 is 0 Å². The zero-order valence-corrected chi connectivity index (χ0v) is 18.5. The smallest absolute Gasteiger partial charge is 0.0443 e. The zero-order valence-electron chi connectivity index (χ0n) is 17.8. The molecule has 1 heterocycles. The number of hydrogen-bond acceptors (Lipinski definition) is 1. The first-order chi connectivity index (χ1) is 13.7. The maximum atomic E-state index is 6.78. The van der Waals surface area contributed by atoms with Crippen molar-refractivity contribution in [3.05, 3.63) is 34.3 Å². The Morgan fingerprint density at radius 3 is 2.43 bits per heavy atom. The molecule has 1 spiro atoms. The normalized spacial score (nSPS) is 33.9. The number of rotatable bonds is 3. The third-order valence-corrected chi connectivity index (χ3v) is 9.35. The maximum absolute atomic E-state index is 6.78. The van der Waals surface area contributed by atoms with Crippen LogP contribution in [-0.2, 0) is 0 Å². The van der Waals surface area contributed by atoms with Gasteiger partial charge < -0.3 is 0 Å². The van der Waals surface area contributed by atoms with E-state index in [4.69, 9.17) is 11.6 Å². The Bertz CT molecular complexity index is 686. The molecule has 0 radical (unpaired) electrons. The molecular weight excluding hydrogens is 362 g/mol. The van der Waals surface area contributed by atoms with E-state index in [9.17, 15) is 0 Å². The number of hydrogen-bond donors (Lipinski definition) is 0. The summed E-state index contributed by atoms with van der Waals surface area (Å²) in [5, 5.41) is 1.04. The molecule has 154 valence electrons. The van der Waals surface area contributed by atoms with Crippen molar-refractivity contribution < 1.29 is 0 Å². The van der Waals surface area contributed by atoms with Crippen LogP contribution in [0.4, 0.5) is 0 Å². The summed E-state index contributed by atoms with van der Waals surface area (Å²) in [4.78, 5) is 2.83. The molecule has 1 nitrogen and oxygen atoms in total. The van der Waals surface area contributed by atoms with Crippen molar-refractivity contribution >= 4 is 11.6 Å². The van der Waals surface area contributed by atoms with E-state index < -0.39 is 0 Å². The molecule has 0 aromatic heterocycles. The molecular formula is C26H38ClN. The molecule has 1 aromatic rings. The maximum Gasteiger partial charge on any atom is 0.0443 e. The highest BCUT2D eigenvalue weighted by atomic mass is 35.5. The van der Waals surface area contributed by atoms with Gasteiger partial charge in [0, 0.05) is 23.5 Å². The van der Waals surface area contributed by atoms with Crippen LogP contribution < -0.4 is 0 Å². The summed E-state index contributed by atoms with van der Waals surface area (Å²) in [7, 11) is 0. The van der Waals surface area contributed by atoms with Gasteiger partial charge in [0.1, 0.15) is 0 Å². The second kappa shape index (κ2) is 7.95. The number of nitrogens with zero attached hydrogens (tertiary/aromatic N) is 1. The van der Waals surface area contributed by atoms with Crippen LogP contribution in [0, 0.1) is 11.3 Å². The highest BCUT2D eigenvalue weighted by molar-refractivity contribution is 6.31. The van der Waals surface area contributed by atoms with E-state index in [1.807, 2.05) is 0 Å². The van der Waals surface area contributed by atoms with Crippen LogP contribution in [0.5, 0.6) is 0 Å². The Hall–Kier alpha value is -0.530. The molecule has 0 N–H and O–H groups in total. The molecule has 28 heavy (non-hydrogen) atoms. The first-order valence-electron chi connectivity index (χ1n) is 12.2. The topological polar surface area (TPSA) is 3.24 Å². The van der Waals surface area contributed by atoms with Crippen LogP contribution in [0.15, 0.2) is 18.2 Å². The Morgan fingerprint density at radius 2 is 1.71 bits per heavy atom. The molecule has 3 unspecified atom stereocenters. The van der Waals surface area contributed by atoms with Crippen LogP contribution in [0.1, 0.15) is 107 Å². The Kier molecular flexibility index (Phi) is 5.52. The van der Waals surface area contributed by atoms with E-state index in [0.29, 0.717) is 11.3 Å². The van der Waals surface area contributed by atoms with Gasteiger partial charge in [0.15, 0.2) is 0 Å². The summed E-state index contributed by atoms with van der Waals surface area (Å²) < 4.78 is 0. The SMILES string of the molecule is CC1CN(C2CC2c2ccc(C3CCCCC3)c(Cl)c2)CCC12CCCCC2. The molecule has 3 aliphatic carbocycles. The lowest BCUT2D eigenvalue weighted by atomic mass is 9.63. The van der Waals surface area contributed by atoms with Gasteiger partial charge in [-0.25, -0.2) is 0 Å². The minimum atomic E-state index is 0.685. The van der Waals surface area contributed by atoms with Crippen molar-refractivity contribution in [3.63, 3.8) is 0 Å². The van der Waals surface area contributed by atoms with Crippen molar-refractivity contribution in [3.8, 4) is 0 Å². The van der Waals surface area contributed by atoms with Crippen molar-refractivity contribution in [1.82, 2.24) is 4.90 Å². The van der Waals surface area contributed by atoms with Gasteiger partial charge in [-0.3, -0.25) is 4.90 Å². The molecule has 0 bridgehead atoms. The summed E-state index contributed by atoms with van der Waals surface area (Å²) in [6.07, 6.45) is 17.0. The van der Waals surface area contributed by atoms with Crippen LogP contribution in [0.2, 0.25) is 5.02 Å². The van der Waals surface area contributed by atoms with Gasteiger partial charge in [0.25, 0.3) is 0 Å². The van der Waals surface area contributed by atoms with Crippen molar-refractivity contribution in [1.29, 1.82) is 0 Å². The van der Waals surface area contributed by atoms with Gasteiger partial charge in [0.2, 0.25) is 0 Å². The molecule has 1 saturated heterocycles. The third kappa shape index (κ3) is 3.67. The average Bonchev–Trinajstić information content (AvgIpc) is 3.52. The fourth-order valence-corrected chi connectivity index (χ4v) is 7.35. The van der Waals surface area contributed by atoms with E-state index in [2.05, 4.69) is 30.0 Å². The van der Waals surface area contributed by atoms with Crippen molar-refractivity contribution in [2.75, 3.05) is 13.1 Å². The van der Waals surface area contributed by atoms with E-state index in [1.54, 1.807) is 0 Å². The second-order valence-electron chi connectivity index (χ2n) is 10.6. The minimum absolute atomic E-state index is 0.685. The van der Waals surface area contributed by atoms with E-state index in [0.717, 1.165) is 22.9 Å². The lowest BCUT2D eigenvalue weighted by Crippen LogP contribution is -2.48. The monoisotopic (exact) mass is 399 g/mol. The van der Waals surface area contributed by atoms with Crippen LogP contribution in [0.25, 0.3) is 0 Å². The largest absolute Gasteiger partial charge is 0.299 e. The molecule has 1 aromatic carbocycles. The molecule has 2 heteroatoms. The lowest BCUT2D eigenvalue weighted by molar-refractivity contribution is 0.00757. The summed E-state index contributed by atoms with van der Waals surface area (Å²) in [6.45, 7) is 5.21. The van der Waals surface area contributed by atoms with E-state index in [-0.39, 0.29) is 0 Å². The fourth-order valence-electron chi connectivity index (χ4n) is 7.01. The fraction of sp³-hybridized carbons (Fsp3) is 0.769. The first-order valence-corrected chi connectivity index (χ1v) is 12.6. The van der Waals surface area contributed by atoms with Crippen molar-refractivity contribution in [2.45, 2.75) is 102 Å². The Labute approximate surface area is 177 Å². The minimum Gasteiger partial charge on any atom is -0.299 e. The molecule has 0 amide bonds. The number of benzene rings is 1. The summed E-state index contributed by atoms with van der Waals surface area (Å²) in [5.41, 5.74) is 3.61. The highest BCUT2D eigenvalue weighted by Gasteiger charge is 2.48. The molecule has 4 aliphatic rings. The van der Waals surface area contributed by atoms with Gasteiger partial charge in [-0.2, -0.15) is 0 Å². The second-order valence-corrected chi connectivity index (χ2v) is 11.0. The van der Waals surface area contributed by atoms with Gasteiger partial charge >= 0.3 is 0 Å². The Morgan fingerprint density at radius 1 is 0.964 bits per heavy atom. The molecule has 5 rings (SSSR count). The number of piperidine rings is 1. The lowest BCUT2D eigenvalue weighted by Gasteiger charge is -2.49. The zero-order chi connectivity index (χ0) is 19.1. The standard InChI is InChI=1S/C26H38ClN/c1-19-18-28(15-14-26(19)12-6-3-7-13-26)25-17-23(25)21-10-11-22(24(27)16-21)20-8-4-2-5-9-20/h10-11,16,19-20,23,25H,2-9,12-15,17-18H2,1H3. The van der Waals surface area contributed by atoms with Gasteiger partial charge in [-0.15, -0.1) is 0 Å². The molecule has 3 atom stereocenters. The van der Waals surface area contributed by atoms with Crippen LogP contribution in [0.3, 0.4) is 0 Å². The van der Waals surface area contributed by atoms with Crippen LogP contribution >= 0.6 is 11.6 Å². The quantitative estimate of drug-likeness (QED) is 0.507. The molecule has 1 aliphatic heterocycles. The highest BCUT2D eigenvalue weighted by Crippen LogP contribution is 2.52. The first kappa shape index (κ1) is 19.4. The van der Waals surface area contributed by atoms with Crippen LogP contribution in [-0.4, -0.2) is 24.0 Å². The van der Waals surface area contributed by atoms with Gasteiger partial charge in [-0.05, 0) is 79.5 Å². The predicted octanol–water partition coefficient (Wildman–Crippen LogP) is 7.54. The van der Waals surface area contributed by atoms with Gasteiger partial charge in [-0.1, -0.05) is 69.2 Å². The summed E-state index contributed by atoms with van der Waals surface area (Å²) >= 11 is 6.78. The number of likely N-dealkylation sites (tertiary alicyclic amines) is 1. The summed E-state index contributed by atoms with van der Waals surface area (Å²) in [5.74, 6) is 2.31. The average molecular weight is 400 g/mol. The predicted molar refractivity (Wildman–Crippen MR) is 119 cm³/mol.